The van der Waals surface area contributed by atoms with Crippen LogP contribution in [0.4, 0.5) is 5.69 Å². The van der Waals surface area contributed by atoms with Crippen LogP contribution in [0.15, 0.2) is 12.1 Å². The van der Waals surface area contributed by atoms with Crippen LogP contribution in [0.3, 0.4) is 0 Å². The summed E-state index contributed by atoms with van der Waals surface area (Å²) in [6.45, 7) is 7.18. The number of H-pyrrole nitrogens is 1. The molecule has 1 aromatic carbocycles. The fraction of sp³-hybridized carbons (Fsp3) is 0.400. The number of Topliss-reactive ketones (excluding diaryl/α,β-unsaturated/α-hetero) is 1. The number of carbonyl (C=O) groups is 2. The van der Waals surface area contributed by atoms with Crippen molar-refractivity contribution >= 4 is 29.0 Å². The molecular weight excluding hydrogens is 384 g/mol. The van der Waals surface area contributed by atoms with E-state index in [9.17, 15) is 9.59 Å². The molecule has 2 rings (SSSR count). The van der Waals surface area contributed by atoms with Crippen molar-refractivity contribution < 1.29 is 23.8 Å². The molecule has 2 N–H and O–H groups in total. The SMILES string of the molecule is CCOC(=O)c1c(C)[nH]c(C(=O)[C@H](C)Nc2cc(Cl)c(OC)cc2OC)c1C. The van der Waals surface area contributed by atoms with Crippen LogP contribution in [-0.2, 0) is 4.74 Å². The van der Waals surface area contributed by atoms with Gasteiger partial charge in [0.15, 0.2) is 0 Å². The van der Waals surface area contributed by atoms with Crippen molar-refractivity contribution in [2.45, 2.75) is 33.7 Å². The number of carbonyl (C=O) groups excluding carboxylic acids is 2. The first-order chi connectivity index (χ1) is 13.2. The number of halogens is 1. The Morgan fingerprint density at radius 2 is 1.82 bits per heavy atom. The van der Waals surface area contributed by atoms with E-state index in [1.165, 1.54) is 14.2 Å². The number of rotatable bonds is 8. The van der Waals surface area contributed by atoms with Gasteiger partial charge in [0.25, 0.3) is 0 Å². The summed E-state index contributed by atoms with van der Waals surface area (Å²) in [4.78, 5) is 28.1. The van der Waals surface area contributed by atoms with Crippen LogP contribution < -0.4 is 14.8 Å². The molecule has 28 heavy (non-hydrogen) atoms. The van der Waals surface area contributed by atoms with Crippen LogP contribution in [0, 0.1) is 13.8 Å². The van der Waals surface area contributed by atoms with Gasteiger partial charge in [0.05, 0.1) is 48.8 Å². The number of anilines is 1. The summed E-state index contributed by atoms with van der Waals surface area (Å²) in [7, 11) is 3.03. The van der Waals surface area contributed by atoms with Crippen molar-refractivity contribution in [2.75, 3.05) is 26.1 Å². The Balaban J connectivity index is 2.30. The fourth-order valence-electron chi connectivity index (χ4n) is 2.99. The predicted molar refractivity (Wildman–Crippen MR) is 108 cm³/mol. The number of ether oxygens (including phenoxy) is 3. The first kappa shape index (κ1) is 21.6. The van der Waals surface area contributed by atoms with E-state index in [1.807, 2.05) is 0 Å². The minimum atomic E-state index is -0.606. The van der Waals surface area contributed by atoms with Gasteiger partial charge in [-0.2, -0.15) is 0 Å². The van der Waals surface area contributed by atoms with Gasteiger partial charge in [-0.3, -0.25) is 4.79 Å². The molecule has 152 valence electrons. The lowest BCUT2D eigenvalue weighted by Gasteiger charge is -2.18. The Morgan fingerprint density at radius 1 is 1.18 bits per heavy atom. The second-order valence-electron chi connectivity index (χ2n) is 6.26. The summed E-state index contributed by atoms with van der Waals surface area (Å²) in [5.41, 5.74) is 2.47. The maximum absolute atomic E-state index is 13.0. The van der Waals surface area contributed by atoms with E-state index in [1.54, 1.807) is 39.8 Å². The highest BCUT2D eigenvalue weighted by Gasteiger charge is 2.26. The molecule has 0 saturated heterocycles. The zero-order chi connectivity index (χ0) is 21.0. The molecule has 0 amide bonds. The molecule has 0 radical (unpaired) electrons. The predicted octanol–water partition coefficient (Wildman–Crippen LogP) is 4.16. The summed E-state index contributed by atoms with van der Waals surface area (Å²) in [6, 6.07) is 2.68. The number of hydrogen-bond acceptors (Lipinski definition) is 6. The normalized spacial score (nSPS) is 11.7. The second-order valence-corrected chi connectivity index (χ2v) is 6.67. The first-order valence-electron chi connectivity index (χ1n) is 8.83. The zero-order valence-corrected chi connectivity index (χ0v) is 17.6. The van der Waals surface area contributed by atoms with Gasteiger partial charge in [0.1, 0.15) is 11.5 Å². The summed E-state index contributed by atoms with van der Waals surface area (Å²) < 4.78 is 15.6. The number of aromatic nitrogens is 1. The molecule has 0 fully saturated rings. The Labute approximate surface area is 169 Å². The van der Waals surface area contributed by atoms with Gasteiger partial charge in [-0.15, -0.1) is 0 Å². The van der Waals surface area contributed by atoms with E-state index >= 15 is 0 Å². The number of aromatic amines is 1. The lowest BCUT2D eigenvalue weighted by molar-refractivity contribution is 0.0525. The first-order valence-corrected chi connectivity index (χ1v) is 9.21. The number of esters is 1. The largest absolute Gasteiger partial charge is 0.495 e. The van der Waals surface area contributed by atoms with Gasteiger partial charge >= 0.3 is 5.97 Å². The highest BCUT2D eigenvalue weighted by atomic mass is 35.5. The standard InChI is InChI=1S/C20H25ClN2O5/c1-7-28-20(25)17-10(2)18(23-11(17)3)19(24)12(4)22-14-8-13(21)15(26-5)9-16(14)27-6/h8-9,12,22-23H,7H2,1-6H3/t12-/m0/s1. The van der Waals surface area contributed by atoms with Crippen molar-refractivity contribution in [3.63, 3.8) is 0 Å². The number of hydrogen-bond donors (Lipinski definition) is 2. The second kappa shape index (κ2) is 9.01. The topological polar surface area (TPSA) is 89.7 Å². The molecule has 7 nitrogen and oxygen atoms in total. The van der Waals surface area contributed by atoms with E-state index < -0.39 is 12.0 Å². The van der Waals surface area contributed by atoms with Gasteiger partial charge in [0.2, 0.25) is 5.78 Å². The lowest BCUT2D eigenvalue weighted by atomic mass is 10.0. The monoisotopic (exact) mass is 408 g/mol. The van der Waals surface area contributed by atoms with Gasteiger partial charge in [-0.05, 0) is 39.3 Å². The molecule has 0 aliphatic heterocycles. The average Bonchev–Trinajstić information content (AvgIpc) is 2.95. The van der Waals surface area contributed by atoms with Crippen molar-refractivity contribution in [3.8, 4) is 11.5 Å². The van der Waals surface area contributed by atoms with Crippen molar-refractivity contribution in [1.29, 1.82) is 0 Å². The molecule has 0 aliphatic carbocycles. The molecule has 8 heteroatoms. The summed E-state index contributed by atoms with van der Waals surface area (Å²) >= 11 is 6.19. The average molecular weight is 409 g/mol. The molecule has 0 bridgehead atoms. The third-order valence-corrected chi connectivity index (χ3v) is 4.70. The molecule has 0 aliphatic rings. The minimum Gasteiger partial charge on any atom is -0.495 e. The molecule has 1 heterocycles. The molecule has 1 aromatic heterocycles. The van der Waals surface area contributed by atoms with Gasteiger partial charge in [0, 0.05) is 11.8 Å². The Hall–Kier alpha value is -2.67. The highest BCUT2D eigenvalue weighted by Crippen LogP contribution is 2.36. The van der Waals surface area contributed by atoms with E-state index in [0.717, 1.165) is 0 Å². The number of methoxy groups -OCH3 is 2. The van der Waals surface area contributed by atoms with Crippen LogP contribution in [0.5, 0.6) is 11.5 Å². The van der Waals surface area contributed by atoms with E-state index in [4.69, 9.17) is 25.8 Å². The number of nitrogens with one attached hydrogen (secondary N) is 2. The van der Waals surface area contributed by atoms with Gasteiger partial charge in [-0.1, -0.05) is 11.6 Å². The smallest absolute Gasteiger partial charge is 0.340 e. The van der Waals surface area contributed by atoms with Crippen molar-refractivity contribution in [1.82, 2.24) is 4.98 Å². The fourth-order valence-corrected chi connectivity index (χ4v) is 3.23. The van der Waals surface area contributed by atoms with Crippen molar-refractivity contribution in [2.24, 2.45) is 0 Å². The van der Waals surface area contributed by atoms with E-state index in [2.05, 4.69) is 10.3 Å². The van der Waals surface area contributed by atoms with Gasteiger partial charge < -0.3 is 24.5 Å². The van der Waals surface area contributed by atoms with Crippen LogP contribution in [0.2, 0.25) is 5.02 Å². The molecule has 0 unspecified atom stereocenters. The van der Waals surface area contributed by atoms with Crippen molar-refractivity contribution in [3.05, 3.63) is 39.7 Å². The maximum atomic E-state index is 13.0. The number of aryl methyl sites for hydroxylation is 1. The Bertz CT molecular complexity index is 891. The summed E-state index contributed by atoms with van der Waals surface area (Å²) in [5.74, 6) is 0.313. The van der Waals surface area contributed by atoms with E-state index in [-0.39, 0.29) is 12.4 Å². The Kier molecular flexibility index (Phi) is 6.96. The van der Waals surface area contributed by atoms with Gasteiger partial charge in [-0.25, -0.2) is 4.79 Å². The lowest BCUT2D eigenvalue weighted by Crippen LogP contribution is -2.27. The van der Waals surface area contributed by atoms with Crippen LogP contribution >= 0.6 is 11.6 Å². The quantitative estimate of drug-likeness (QED) is 0.503. The maximum Gasteiger partial charge on any atom is 0.340 e. The Morgan fingerprint density at radius 3 is 2.39 bits per heavy atom. The summed E-state index contributed by atoms with van der Waals surface area (Å²) in [6.07, 6.45) is 0. The molecule has 0 saturated carbocycles. The van der Waals surface area contributed by atoms with E-state index in [0.29, 0.717) is 44.7 Å². The molecule has 1 atom stereocenters. The summed E-state index contributed by atoms with van der Waals surface area (Å²) in [5, 5.41) is 3.50. The third-order valence-electron chi connectivity index (χ3n) is 4.40. The molecule has 2 aromatic rings. The zero-order valence-electron chi connectivity index (χ0n) is 16.9. The van der Waals surface area contributed by atoms with Crippen LogP contribution in [-0.4, -0.2) is 43.6 Å². The minimum absolute atomic E-state index is 0.204. The molecular formula is C20H25ClN2O5. The number of benzene rings is 1. The highest BCUT2D eigenvalue weighted by molar-refractivity contribution is 6.32. The molecule has 0 spiro atoms. The number of ketones is 1. The van der Waals surface area contributed by atoms with Crippen LogP contribution in [0.25, 0.3) is 0 Å². The van der Waals surface area contributed by atoms with Crippen LogP contribution in [0.1, 0.15) is 46.0 Å². The third kappa shape index (κ3) is 4.25.